The lowest BCUT2D eigenvalue weighted by atomic mass is 10.0. The van der Waals surface area contributed by atoms with E-state index < -0.39 is 24.5 Å². The Morgan fingerprint density at radius 2 is 1.56 bits per heavy atom. The van der Waals surface area contributed by atoms with E-state index in [4.69, 9.17) is 0 Å². The van der Waals surface area contributed by atoms with Crippen molar-refractivity contribution < 1.29 is 26.3 Å². The molecule has 1 aliphatic rings. The van der Waals surface area contributed by atoms with E-state index >= 15 is 0 Å². The van der Waals surface area contributed by atoms with Crippen LogP contribution in [0.3, 0.4) is 0 Å². The minimum Gasteiger partial charge on any atom is -0.338 e. The molecule has 0 radical (unpaired) electrons. The van der Waals surface area contributed by atoms with Crippen LogP contribution in [0.25, 0.3) is 11.3 Å². The van der Waals surface area contributed by atoms with E-state index in [1.807, 2.05) is 0 Å². The van der Waals surface area contributed by atoms with E-state index in [-0.39, 0.29) is 0 Å². The minimum absolute atomic E-state index is 0.352. The second-order valence-electron chi connectivity index (χ2n) is 6.05. The Balaban J connectivity index is 2.08. The number of nitrogens with one attached hydrogen (secondary N) is 1. The maximum Gasteiger partial charge on any atom is 0.416 e. The van der Waals surface area contributed by atoms with Gasteiger partial charge in [0, 0.05) is 6.20 Å². The second-order valence-corrected chi connectivity index (χ2v) is 6.05. The molecular formula is C17H16F6N2. The molecule has 8 heteroatoms. The van der Waals surface area contributed by atoms with Crippen LogP contribution in [0.1, 0.15) is 16.7 Å². The molecule has 0 fully saturated rings. The maximum atomic E-state index is 12.9. The van der Waals surface area contributed by atoms with E-state index in [2.05, 4.69) is 5.32 Å². The summed E-state index contributed by atoms with van der Waals surface area (Å²) in [6.07, 6.45) is -6.28. The van der Waals surface area contributed by atoms with Gasteiger partial charge in [0.1, 0.15) is 6.54 Å². The lowest BCUT2D eigenvalue weighted by Gasteiger charge is -2.15. The molecule has 1 aromatic carbocycles. The molecule has 0 amide bonds. The van der Waals surface area contributed by atoms with E-state index in [0.29, 0.717) is 37.2 Å². The predicted molar refractivity (Wildman–Crippen MR) is 81.2 cm³/mol. The van der Waals surface area contributed by atoms with Gasteiger partial charge in [-0.15, -0.1) is 0 Å². The molecule has 0 unspecified atom stereocenters. The molecule has 1 aromatic heterocycles. The molecule has 0 atom stereocenters. The van der Waals surface area contributed by atoms with Gasteiger partial charge in [-0.3, -0.25) is 0 Å². The number of rotatable bonds is 2. The highest BCUT2D eigenvalue weighted by Crippen LogP contribution is 2.35. The van der Waals surface area contributed by atoms with Crippen molar-refractivity contribution in [3.63, 3.8) is 0 Å². The highest BCUT2D eigenvalue weighted by Gasteiger charge is 2.32. The molecule has 0 saturated heterocycles. The first-order valence-corrected chi connectivity index (χ1v) is 7.81. The smallest absolute Gasteiger partial charge is 0.338 e. The third-order valence-electron chi connectivity index (χ3n) is 4.23. The molecular weight excluding hydrogens is 346 g/mol. The second kappa shape index (κ2) is 6.40. The predicted octanol–water partition coefficient (Wildman–Crippen LogP) is 4.42. The number of benzene rings is 1. The Kier molecular flexibility index (Phi) is 4.57. The van der Waals surface area contributed by atoms with Crippen LogP contribution in [-0.2, 0) is 25.6 Å². The zero-order chi connectivity index (χ0) is 18.2. The molecule has 2 heterocycles. The maximum absolute atomic E-state index is 12.9. The first-order valence-electron chi connectivity index (χ1n) is 7.81. The standard InChI is InChI=1S/C17H16F6N2/c18-16(19,20)10-25-9-12-5-7-24-8-6-14(12)15(25)11-1-3-13(4-2-11)17(21,22)23/h1-4,9,24H,5-8,10H2. The molecule has 0 bridgehead atoms. The van der Waals surface area contributed by atoms with Gasteiger partial charge in [0.2, 0.25) is 0 Å². The van der Waals surface area contributed by atoms with Gasteiger partial charge in [-0.25, -0.2) is 0 Å². The van der Waals surface area contributed by atoms with E-state index in [1.165, 1.54) is 18.3 Å². The van der Waals surface area contributed by atoms with E-state index in [1.54, 1.807) is 0 Å². The molecule has 2 nitrogen and oxygen atoms in total. The number of hydrogen-bond donors (Lipinski definition) is 1. The fraction of sp³-hybridized carbons (Fsp3) is 0.412. The van der Waals surface area contributed by atoms with Crippen molar-refractivity contribution >= 4 is 0 Å². The SMILES string of the molecule is FC(F)(F)Cn1cc2c(c1-c1ccc(C(F)(F)F)cc1)CCNCC2. The normalized spacial score (nSPS) is 15.8. The summed E-state index contributed by atoms with van der Waals surface area (Å²) in [5.41, 5.74) is 1.47. The van der Waals surface area contributed by atoms with Crippen LogP contribution in [0, 0.1) is 0 Å². The monoisotopic (exact) mass is 362 g/mol. The van der Waals surface area contributed by atoms with Crippen LogP contribution in [-0.4, -0.2) is 23.8 Å². The molecule has 0 aliphatic carbocycles. The number of hydrogen-bond acceptors (Lipinski definition) is 1. The molecule has 2 aromatic rings. The molecule has 0 saturated carbocycles. The zero-order valence-corrected chi connectivity index (χ0v) is 13.1. The molecule has 25 heavy (non-hydrogen) atoms. The van der Waals surface area contributed by atoms with E-state index in [9.17, 15) is 26.3 Å². The van der Waals surface area contributed by atoms with Gasteiger partial charge in [0.05, 0.1) is 11.3 Å². The number of fused-ring (bicyclic) bond motifs is 1. The van der Waals surface area contributed by atoms with Gasteiger partial charge in [-0.1, -0.05) is 12.1 Å². The first kappa shape index (κ1) is 17.8. The summed E-state index contributed by atoms with van der Waals surface area (Å²) in [6.45, 7) is 0.121. The molecule has 3 rings (SSSR count). The lowest BCUT2D eigenvalue weighted by molar-refractivity contribution is -0.140. The highest BCUT2D eigenvalue weighted by molar-refractivity contribution is 5.67. The Labute approximate surface area is 140 Å². The van der Waals surface area contributed by atoms with Gasteiger partial charge >= 0.3 is 12.4 Å². The average molecular weight is 362 g/mol. The summed E-state index contributed by atoms with van der Waals surface area (Å²) in [5.74, 6) is 0. The summed E-state index contributed by atoms with van der Waals surface area (Å²) in [5, 5.41) is 3.18. The summed E-state index contributed by atoms with van der Waals surface area (Å²) >= 11 is 0. The van der Waals surface area contributed by atoms with Crippen molar-refractivity contribution in [1.82, 2.24) is 9.88 Å². The zero-order valence-electron chi connectivity index (χ0n) is 13.1. The lowest BCUT2D eigenvalue weighted by Crippen LogP contribution is -2.19. The number of aromatic nitrogens is 1. The molecule has 136 valence electrons. The van der Waals surface area contributed by atoms with Crippen molar-refractivity contribution in [3.8, 4) is 11.3 Å². The first-order chi connectivity index (χ1) is 11.6. The third-order valence-corrected chi connectivity index (χ3v) is 4.23. The number of nitrogens with zero attached hydrogens (tertiary/aromatic N) is 1. The molecule has 1 N–H and O–H groups in total. The van der Waals surface area contributed by atoms with Crippen molar-refractivity contribution in [1.29, 1.82) is 0 Å². The van der Waals surface area contributed by atoms with E-state index in [0.717, 1.165) is 27.8 Å². The summed E-state index contributed by atoms with van der Waals surface area (Å²) in [4.78, 5) is 0. The minimum atomic E-state index is -4.48. The average Bonchev–Trinajstić information content (AvgIpc) is 2.66. The van der Waals surface area contributed by atoms with Crippen LogP contribution in [0.5, 0.6) is 0 Å². The number of alkyl halides is 6. The fourth-order valence-corrected chi connectivity index (χ4v) is 3.19. The Morgan fingerprint density at radius 1 is 0.920 bits per heavy atom. The van der Waals surface area contributed by atoms with Gasteiger partial charge in [0.25, 0.3) is 0 Å². The van der Waals surface area contributed by atoms with Gasteiger partial charge in [-0.05, 0) is 54.8 Å². The largest absolute Gasteiger partial charge is 0.416 e. The Morgan fingerprint density at radius 3 is 2.16 bits per heavy atom. The van der Waals surface area contributed by atoms with Crippen molar-refractivity contribution in [2.75, 3.05) is 13.1 Å². The van der Waals surface area contributed by atoms with Crippen LogP contribution in [0.4, 0.5) is 26.3 Å². The van der Waals surface area contributed by atoms with Gasteiger partial charge in [0.15, 0.2) is 0 Å². The molecule has 1 aliphatic heterocycles. The van der Waals surface area contributed by atoms with Crippen molar-refractivity contribution in [3.05, 3.63) is 47.2 Å². The molecule has 0 spiro atoms. The summed E-state index contributed by atoms with van der Waals surface area (Å²) in [6, 6.07) is 4.29. The highest BCUT2D eigenvalue weighted by atomic mass is 19.4. The topological polar surface area (TPSA) is 17.0 Å². The number of halogens is 6. The van der Waals surface area contributed by atoms with Crippen LogP contribution in [0.2, 0.25) is 0 Å². The van der Waals surface area contributed by atoms with Gasteiger partial charge in [-0.2, -0.15) is 26.3 Å². The Hall–Kier alpha value is -1.96. The Bertz CT molecular complexity index is 740. The third kappa shape index (κ3) is 4.00. The summed E-state index contributed by atoms with van der Waals surface area (Å²) in [7, 11) is 0. The van der Waals surface area contributed by atoms with Crippen LogP contribution in [0.15, 0.2) is 30.5 Å². The quantitative estimate of drug-likeness (QED) is 0.783. The summed E-state index contributed by atoms with van der Waals surface area (Å²) < 4.78 is 78.1. The van der Waals surface area contributed by atoms with Crippen LogP contribution < -0.4 is 5.32 Å². The van der Waals surface area contributed by atoms with Crippen molar-refractivity contribution in [2.24, 2.45) is 0 Å². The van der Waals surface area contributed by atoms with Crippen LogP contribution >= 0.6 is 0 Å². The van der Waals surface area contributed by atoms with Gasteiger partial charge < -0.3 is 9.88 Å². The van der Waals surface area contributed by atoms with Crippen molar-refractivity contribution in [2.45, 2.75) is 31.7 Å². The fourth-order valence-electron chi connectivity index (χ4n) is 3.19.